The molecule has 0 unspecified atom stereocenters. The lowest BCUT2D eigenvalue weighted by atomic mass is 10.3. The summed E-state index contributed by atoms with van der Waals surface area (Å²) in [6.45, 7) is 0.474. The first-order valence-corrected chi connectivity index (χ1v) is 3.01. The molecule has 0 saturated heterocycles. The number of nitrogens with two attached hydrogens (primary N) is 1. The van der Waals surface area contributed by atoms with Gasteiger partial charge in [0.25, 0.3) is 0 Å². The number of hydrogen-bond acceptors (Lipinski definition) is 2. The van der Waals surface area contributed by atoms with Crippen LogP contribution >= 0.6 is 36.4 Å². The Labute approximate surface area is 83.0 Å². The van der Waals surface area contributed by atoms with Crippen LogP contribution in [-0.2, 0) is 6.54 Å². The first-order chi connectivity index (χ1) is 4.34. The number of nitrogens with zero attached hydrogens (tertiary/aromatic N) is 1. The van der Waals surface area contributed by atoms with E-state index in [1.54, 1.807) is 12.4 Å². The predicted octanol–water partition coefficient (Wildman–Crippen LogP) is 2.04. The number of halogens is 3. The molecule has 0 bridgehead atoms. The minimum absolute atomic E-state index is 0. The van der Waals surface area contributed by atoms with Crippen LogP contribution in [0.25, 0.3) is 0 Å². The average Bonchev–Trinajstić information content (AvgIpc) is 1.89. The Bertz CT molecular complexity index is 205. The Balaban J connectivity index is 0. The van der Waals surface area contributed by atoms with Gasteiger partial charge in [-0.2, -0.15) is 0 Å². The molecule has 0 spiro atoms. The molecule has 0 saturated carbocycles. The third-order valence-electron chi connectivity index (χ3n) is 1.08. The van der Waals surface area contributed by atoms with E-state index in [1.165, 1.54) is 0 Å². The second kappa shape index (κ2) is 6.68. The van der Waals surface area contributed by atoms with Gasteiger partial charge in [-0.15, -0.1) is 24.8 Å². The van der Waals surface area contributed by atoms with Gasteiger partial charge in [-0.05, 0) is 11.6 Å². The van der Waals surface area contributed by atoms with Crippen molar-refractivity contribution in [3.8, 4) is 0 Å². The molecule has 0 amide bonds. The van der Waals surface area contributed by atoms with Gasteiger partial charge in [0, 0.05) is 18.9 Å². The fourth-order valence-corrected chi connectivity index (χ4v) is 0.766. The predicted molar refractivity (Wildman–Crippen MR) is 51.6 cm³/mol. The molecular formula is C6H9Cl3N2. The summed E-state index contributed by atoms with van der Waals surface area (Å²) in [6, 6.07) is 1.81. The van der Waals surface area contributed by atoms with Crippen LogP contribution in [0.5, 0.6) is 0 Å². The summed E-state index contributed by atoms with van der Waals surface area (Å²) in [5.41, 5.74) is 6.28. The molecule has 1 heterocycles. The second-order valence-electron chi connectivity index (χ2n) is 1.67. The molecule has 0 atom stereocenters. The molecule has 0 aliphatic heterocycles. The Kier molecular flexibility index (Phi) is 8.23. The van der Waals surface area contributed by atoms with E-state index in [9.17, 15) is 0 Å². The highest BCUT2D eigenvalue weighted by Crippen LogP contribution is 2.11. The number of aromatic nitrogens is 1. The van der Waals surface area contributed by atoms with E-state index >= 15 is 0 Å². The molecule has 0 aliphatic rings. The van der Waals surface area contributed by atoms with Crippen molar-refractivity contribution in [3.63, 3.8) is 0 Å². The Hall–Kier alpha value is -0.0200. The van der Waals surface area contributed by atoms with E-state index in [2.05, 4.69) is 4.98 Å². The first kappa shape index (κ1) is 13.6. The smallest absolute Gasteiger partial charge is 0.0634 e. The van der Waals surface area contributed by atoms with Crippen LogP contribution in [0.2, 0.25) is 5.02 Å². The summed E-state index contributed by atoms with van der Waals surface area (Å²) in [6.07, 6.45) is 3.26. The van der Waals surface area contributed by atoms with E-state index in [1.807, 2.05) is 6.07 Å². The van der Waals surface area contributed by atoms with Gasteiger partial charge < -0.3 is 5.73 Å². The summed E-state index contributed by atoms with van der Waals surface area (Å²) in [5.74, 6) is 0. The van der Waals surface area contributed by atoms with Crippen LogP contribution in [-0.4, -0.2) is 4.98 Å². The van der Waals surface area contributed by atoms with E-state index in [0.717, 1.165) is 5.56 Å². The maximum Gasteiger partial charge on any atom is 0.0634 e. The van der Waals surface area contributed by atoms with E-state index in [-0.39, 0.29) is 24.8 Å². The maximum absolute atomic E-state index is 5.68. The van der Waals surface area contributed by atoms with E-state index in [4.69, 9.17) is 17.3 Å². The highest BCUT2D eigenvalue weighted by Gasteiger charge is 1.93. The zero-order chi connectivity index (χ0) is 6.69. The van der Waals surface area contributed by atoms with Gasteiger partial charge in [-0.25, -0.2) is 0 Å². The molecule has 0 radical (unpaired) electrons. The van der Waals surface area contributed by atoms with Crippen LogP contribution < -0.4 is 5.73 Å². The molecule has 2 N–H and O–H groups in total. The molecule has 1 rings (SSSR count). The maximum atomic E-state index is 5.68. The highest BCUT2D eigenvalue weighted by atomic mass is 35.5. The van der Waals surface area contributed by atoms with Crippen LogP contribution in [0, 0.1) is 0 Å². The number of rotatable bonds is 1. The Morgan fingerprint density at radius 2 is 2.09 bits per heavy atom. The molecular weight excluding hydrogens is 206 g/mol. The van der Waals surface area contributed by atoms with Gasteiger partial charge in [0.2, 0.25) is 0 Å². The topological polar surface area (TPSA) is 38.9 Å². The van der Waals surface area contributed by atoms with E-state index < -0.39 is 0 Å². The zero-order valence-electron chi connectivity index (χ0n) is 5.66. The van der Waals surface area contributed by atoms with Gasteiger partial charge in [0.15, 0.2) is 0 Å². The van der Waals surface area contributed by atoms with Crippen molar-refractivity contribution in [3.05, 3.63) is 29.0 Å². The van der Waals surface area contributed by atoms with Crippen LogP contribution in [0.1, 0.15) is 5.56 Å². The average molecular weight is 216 g/mol. The fourth-order valence-electron chi connectivity index (χ4n) is 0.570. The molecule has 1 aromatic heterocycles. The lowest BCUT2D eigenvalue weighted by molar-refractivity contribution is 1.06. The largest absolute Gasteiger partial charge is 0.326 e. The molecule has 0 aromatic carbocycles. The molecule has 64 valence electrons. The minimum Gasteiger partial charge on any atom is -0.326 e. The number of hydrogen-bond donors (Lipinski definition) is 1. The van der Waals surface area contributed by atoms with Gasteiger partial charge in [-0.1, -0.05) is 11.6 Å². The standard InChI is InChI=1S/C6H7ClN2.2ClH/c7-6-4-9-2-1-5(6)3-8;;/h1-2,4H,3,8H2;2*1H. The normalized spacial score (nSPS) is 7.82. The minimum atomic E-state index is 0. The quantitative estimate of drug-likeness (QED) is 0.779. The zero-order valence-corrected chi connectivity index (χ0v) is 8.05. The van der Waals surface area contributed by atoms with Crippen LogP contribution in [0.3, 0.4) is 0 Å². The van der Waals surface area contributed by atoms with Crippen LogP contribution in [0.15, 0.2) is 18.5 Å². The lowest BCUT2D eigenvalue weighted by Crippen LogP contribution is -1.96. The molecule has 5 heteroatoms. The van der Waals surface area contributed by atoms with Crippen molar-refractivity contribution in [2.45, 2.75) is 6.54 Å². The Morgan fingerprint density at radius 3 is 2.45 bits per heavy atom. The first-order valence-electron chi connectivity index (χ1n) is 2.63. The molecule has 2 nitrogen and oxygen atoms in total. The van der Waals surface area contributed by atoms with Crippen molar-refractivity contribution >= 4 is 36.4 Å². The number of pyridine rings is 1. The summed E-state index contributed by atoms with van der Waals surface area (Å²) in [7, 11) is 0. The molecule has 1 aromatic rings. The van der Waals surface area contributed by atoms with Crippen molar-refractivity contribution in [1.82, 2.24) is 4.98 Å². The van der Waals surface area contributed by atoms with Gasteiger partial charge in [-0.3, -0.25) is 4.98 Å². The van der Waals surface area contributed by atoms with Crippen molar-refractivity contribution in [2.75, 3.05) is 0 Å². The Morgan fingerprint density at radius 1 is 1.45 bits per heavy atom. The third-order valence-corrected chi connectivity index (χ3v) is 1.42. The molecule has 11 heavy (non-hydrogen) atoms. The SMILES string of the molecule is Cl.Cl.NCc1ccncc1Cl. The monoisotopic (exact) mass is 214 g/mol. The summed E-state index contributed by atoms with van der Waals surface area (Å²) < 4.78 is 0. The highest BCUT2D eigenvalue weighted by molar-refractivity contribution is 6.31. The van der Waals surface area contributed by atoms with Crippen LogP contribution in [0.4, 0.5) is 0 Å². The summed E-state index contributed by atoms with van der Waals surface area (Å²) in [4.78, 5) is 3.81. The summed E-state index contributed by atoms with van der Waals surface area (Å²) >= 11 is 5.68. The third kappa shape index (κ3) is 3.77. The van der Waals surface area contributed by atoms with Crippen molar-refractivity contribution in [1.29, 1.82) is 0 Å². The molecule has 0 fully saturated rings. The lowest BCUT2D eigenvalue weighted by Gasteiger charge is -1.95. The van der Waals surface area contributed by atoms with Crippen molar-refractivity contribution in [2.24, 2.45) is 5.73 Å². The van der Waals surface area contributed by atoms with Gasteiger partial charge in [0.1, 0.15) is 0 Å². The van der Waals surface area contributed by atoms with Gasteiger partial charge in [0.05, 0.1) is 5.02 Å². The van der Waals surface area contributed by atoms with Gasteiger partial charge >= 0.3 is 0 Å². The summed E-state index contributed by atoms with van der Waals surface area (Å²) in [5, 5.41) is 0.639. The second-order valence-corrected chi connectivity index (χ2v) is 2.08. The van der Waals surface area contributed by atoms with E-state index in [0.29, 0.717) is 11.6 Å². The molecule has 0 aliphatic carbocycles. The van der Waals surface area contributed by atoms with Crippen molar-refractivity contribution < 1.29 is 0 Å². The fraction of sp³-hybridized carbons (Fsp3) is 0.167.